The fourth-order valence-electron chi connectivity index (χ4n) is 4.70. The zero-order valence-electron chi connectivity index (χ0n) is 17.2. The second kappa shape index (κ2) is 7.88. The van der Waals surface area contributed by atoms with Crippen molar-refractivity contribution in [3.63, 3.8) is 0 Å². The van der Waals surface area contributed by atoms with E-state index in [-0.39, 0.29) is 5.92 Å². The predicted molar refractivity (Wildman–Crippen MR) is 127 cm³/mol. The van der Waals surface area contributed by atoms with Crippen LogP contribution in [0, 0.1) is 0 Å². The largest absolute Gasteiger partial charge is 0.303 e. The second-order valence-electron chi connectivity index (χ2n) is 7.90. The predicted octanol–water partition coefficient (Wildman–Crippen LogP) is 5.34. The van der Waals surface area contributed by atoms with Gasteiger partial charge in [-0.05, 0) is 27.8 Å². The van der Waals surface area contributed by atoms with E-state index in [0.29, 0.717) is 0 Å². The van der Waals surface area contributed by atoms with Crippen molar-refractivity contribution < 1.29 is 0 Å². The van der Waals surface area contributed by atoms with E-state index < -0.39 is 5.66 Å². The van der Waals surface area contributed by atoms with Crippen LogP contribution in [-0.2, 0) is 5.66 Å². The van der Waals surface area contributed by atoms with Gasteiger partial charge in [0.1, 0.15) is 5.66 Å². The van der Waals surface area contributed by atoms with Gasteiger partial charge in [0, 0.05) is 0 Å². The monoisotopic (exact) mass is 403 g/mol. The van der Waals surface area contributed by atoms with Crippen molar-refractivity contribution in [2.45, 2.75) is 11.6 Å². The quantitative estimate of drug-likeness (QED) is 0.452. The Bertz CT molecular complexity index is 1190. The molecule has 2 unspecified atom stereocenters. The summed E-state index contributed by atoms with van der Waals surface area (Å²) in [6.07, 6.45) is 0. The smallest absolute Gasteiger partial charge is 0.140 e. The average molecular weight is 404 g/mol. The third-order valence-corrected chi connectivity index (χ3v) is 6.12. The molecule has 0 aliphatic carbocycles. The maximum absolute atomic E-state index is 7.31. The fourth-order valence-corrected chi connectivity index (χ4v) is 4.70. The van der Waals surface area contributed by atoms with Gasteiger partial charge < -0.3 is 5.73 Å². The summed E-state index contributed by atoms with van der Waals surface area (Å²) in [6, 6.07) is 41.3. The molecule has 3 heteroatoms. The first-order valence-corrected chi connectivity index (χ1v) is 10.5. The molecule has 31 heavy (non-hydrogen) atoms. The first kappa shape index (κ1) is 19.3. The summed E-state index contributed by atoms with van der Waals surface area (Å²) >= 11 is 0. The van der Waals surface area contributed by atoms with Gasteiger partial charge in [-0.15, -0.1) is 0 Å². The summed E-state index contributed by atoms with van der Waals surface area (Å²) < 4.78 is 0. The number of rotatable bonds is 4. The summed E-state index contributed by atoms with van der Waals surface area (Å²) in [7, 11) is 0. The summed E-state index contributed by atoms with van der Waals surface area (Å²) in [5.41, 5.74) is 12.7. The van der Waals surface area contributed by atoms with E-state index in [9.17, 15) is 0 Å². The highest BCUT2D eigenvalue weighted by molar-refractivity contribution is 5.96. The molecule has 0 bridgehead atoms. The van der Waals surface area contributed by atoms with Gasteiger partial charge in [-0.25, -0.2) is 5.84 Å². The molecule has 0 spiro atoms. The molecule has 1 heterocycles. The summed E-state index contributed by atoms with van der Waals surface area (Å²) in [5.74, 6) is 6.77. The molecule has 0 saturated carbocycles. The van der Waals surface area contributed by atoms with Crippen molar-refractivity contribution in [2.24, 2.45) is 11.6 Å². The van der Waals surface area contributed by atoms with Crippen molar-refractivity contribution in [3.05, 3.63) is 144 Å². The van der Waals surface area contributed by atoms with Crippen molar-refractivity contribution in [1.29, 1.82) is 0 Å². The van der Waals surface area contributed by atoms with E-state index in [1.54, 1.807) is 5.01 Å². The molecule has 0 radical (unpaired) electrons. The second-order valence-corrected chi connectivity index (χ2v) is 7.90. The number of hydrogen-bond acceptors (Lipinski definition) is 3. The van der Waals surface area contributed by atoms with Gasteiger partial charge in [0.15, 0.2) is 0 Å². The van der Waals surface area contributed by atoms with Crippen LogP contribution >= 0.6 is 0 Å². The molecule has 0 saturated heterocycles. The molecule has 4 aromatic rings. The third kappa shape index (κ3) is 3.15. The molecular formula is C28H25N3. The zero-order chi connectivity index (χ0) is 21.3. The minimum Gasteiger partial charge on any atom is -0.303 e. The number of nitrogens with two attached hydrogens (primary N) is 2. The normalized spacial score (nSPS) is 20.8. The Kier molecular flexibility index (Phi) is 4.91. The Morgan fingerprint density at radius 1 is 0.581 bits per heavy atom. The molecule has 3 nitrogen and oxygen atoms in total. The van der Waals surface area contributed by atoms with Crippen LogP contribution in [0.1, 0.15) is 28.2 Å². The van der Waals surface area contributed by atoms with Gasteiger partial charge in [-0.3, -0.25) is 5.01 Å². The SMILES string of the molecule is NN1C(c2ccccc2)=C(c2ccccc2)C(c2ccccc2)C1(N)c1ccccc1. The van der Waals surface area contributed by atoms with E-state index in [1.165, 1.54) is 0 Å². The Morgan fingerprint density at radius 3 is 1.58 bits per heavy atom. The van der Waals surface area contributed by atoms with Crippen LogP contribution in [-0.4, -0.2) is 5.01 Å². The molecule has 0 aromatic heterocycles. The number of benzene rings is 4. The van der Waals surface area contributed by atoms with Crippen molar-refractivity contribution in [1.82, 2.24) is 5.01 Å². The molecule has 0 amide bonds. The standard InChI is InChI=1S/C28H25N3/c29-28(24-19-11-4-12-20-24)26(22-15-7-2-8-16-22)25(21-13-5-1-6-14-21)27(31(28)30)23-17-9-3-10-18-23/h1-20,26H,29-30H2. The number of nitrogens with zero attached hydrogens (tertiary/aromatic N) is 1. The van der Waals surface area contributed by atoms with Crippen molar-refractivity contribution in [3.8, 4) is 0 Å². The molecular weight excluding hydrogens is 378 g/mol. The molecule has 5 rings (SSSR count). The van der Waals surface area contributed by atoms with Crippen LogP contribution in [0.3, 0.4) is 0 Å². The first-order chi connectivity index (χ1) is 15.2. The molecule has 1 aliphatic heterocycles. The van der Waals surface area contributed by atoms with Crippen LogP contribution in [0.25, 0.3) is 11.3 Å². The Labute approximate surface area is 183 Å². The zero-order valence-corrected chi connectivity index (χ0v) is 17.2. The molecule has 4 N–H and O–H groups in total. The minimum atomic E-state index is -0.945. The Balaban J connectivity index is 1.85. The third-order valence-electron chi connectivity index (χ3n) is 6.12. The Hall–Kier alpha value is -3.66. The van der Waals surface area contributed by atoms with Gasteiger partial charge in [0.2, 0.25) is 0 Å². The lowest BCUT2D eigenvalue weighted by Crippen LogP contribution is -2.55. The lowest BCUT2D eigenvalue weighted by molar-refractivity contribution is 0.169. The number of hydrazine groups is 1. The highest BCUT2D eigenvalue weighted by atomic mass is 15.5. The lowest BCUT2D eigenvalue weighted by Gasteiger charge is -2.40. The summed E-state index contributed by atoms with van der Waals surface area (Å²) in [5, 5.41) is 1.78. The van der Waals surface area contributed by atoms with Gasteiger partial charge in [-0.1, -0.05) is 121 Å². The van der Waals surface area contributed by atoms with Crippen LogP contribution in [0.15, 0.2) is 121 Å². The van der Waals surface area contributed by atoms with Crippen molar-refractivity contribution in [2.75, 3.05) is 0 Å². The van der Waals surface area contributed by atoms with Crippen molar-refractivity contribution >= 4 is 11.3 Å². The van der Waals surface area contributed by atoms with Gasteiger partial charge in [-0.2, -0.15) is 0 Å². The average Bonchev–Trinajstić information content (AvgIpc) is 3.09. The van der Waals surface area contributed by atoms with E-state index >= 15 is 0 Å². The van der Waals surface area contributed by atoms with E-state index in [4.69, 9.17) is 11.6 Å². The summed E-state index contributed by atoms with van der Waals surface area (Å²) in [6.45, 7) is 0. The highest BCUT2D eigenvalue weighted by Crippen LogP contribution is 2.55. The molecule has 0 fully saturated rings. The molecule has 4 aromatic carbocycles. The van der Waals surface area contributed by atoms with Crippen LogP contribution in [0.2, 0.25) is 0 Å². The Morgan fingerprint density at radius 2 is 1.03 bits per heavy atom. The maximum Gasteiger partial charge on any atom is 0.140 e. The fraction of sp³-hybridized carbons (Fsp3) is 0.0714. The van der Waals surface area contributed by atoms with E-state index in [2.05, 4.69) is 72.8 Å². The van der Waals surface area contributed by atoms with Gasteiger partial charge >= 0.3 is 0 Å². The lowest BCUT2D eigenvalue weighted by atomic mass is 9.77. The van der Waals surface area contributed by atoms with Crippen LogP contribution in [0.4, 0.5) is 0 Å². The van der Waals surface area contributed by atoms with E-state index in [0.717, 1.165) is 33.5 Å². The highest BCUT2D eigenvalue weighted by Gasteiger charge is 2.52. The van der Waals surface area contributed by atoms with E-state index in [1.807, 2.05) is 48.5 Å². The number of hydrogen-bond donors (Lipinski definition) is 2. The molecule has 2 atom stereocenters. The topological polar surface area (TPSA) is 55.3 Å². The van der Waals surface area contributed by atoms with Gasteiger partial charge in [0.05, 0.1) is 11.6 Å². The maximum atomic E-state index is 7.31. The molecule has 152 valence electrons. The van der Waals surface area contributed by atoms with Crippen LogP contribution in [0.5, 0.6) is 0 Å². The molecule has 1 aliphatic rings. The first-order valence-electron chi connectivity index (χ1n) is 10.5. The minimum absolute atomic E-state index is 0.154. The summed E-state index contributed by atoms with van der Waals surface area (Å²) in [4.78, 5) is 0. The van der Waals surface area contributed by atoms with Gasteiger partial charge in [0.25, 0.3) is 0 Å². The van der Waals surface area contributed by atoms with Crippen LogP contribution < -0.4 is 11.6 Å².